The van der Waals surface area contributed by atoms with Gasteiger partial charge in [-0.15, -0.1) is 0 Å². The molecule has 0 radical (unpaired) electrons. The van der Waals surface area contributed by atoms with Crippen molar-refractivity contribution in [2.45, 2.75) is 45.1 Å². The number of H-pyrrole nitrogens is 1. The molecule has 1 amide bonds. The van der Waals surface area contributed by atoms with Gasteiger partial charge in [-0.25, -0.2) is 4.79 Å². The minimum Gasteiger partial charge on any atom is -0.468 e. The number of rotatable bonds is 7. The van der Waals surface area contributed by atoms with Gasteiger partial charge in [0.05, 0.1) is 19.2 Å². The van der Waals surface area contributed by atoms with Crippen molar-refractivity contribution in [3.8, 4) is 11.3 Å². The molecule has 1 aromatic heterocycles. The number of nitrogens with one attached hydrogen (secondary N) is 2. The van der Waals surface area contributed by atoms with Crippen molar-refractivity contribution in [1.82, 2.24) is 10.3 Å². The van der Waals surface area contributed by atoms with Crippen molar-refractivity contribution in [1.29, 1.82) is 0 Å². The molecule has 2 heterocycles. The standard InChI is InChI=1S/C27H28F3N3O5/c1-14(2)23(25(35)37-4)31-15(3)22-13-33(26(36)38-22)17-10-9-16-11-21(32-24(34)19(16)12-17)18-7-5-6-8-20(18)27(28,29)30/h5-12,14-15,22-23,31H,13H2,1-4H3,(H,32,34). The summed E-state index contributed by atoms with van der Waals surface area (Å²) in [6, 6.07) is 10.2. The predicted molar refractivity (Wildman–Crippen MR) is 136 cm³/mol. The first-order valence-corrected chi connectivity index (χ1v) is 12.1. The third kappa shape index (κ3) is 5.38. The molecular weight excluding hydrogens is 503 g/mol. The third-order valence-corrected chi connectivity index (χ3v) is 6.62. The van der Waals surface area contributed by atoms with E-state index in [2.05, 4.69) is 10.3 Å². The number of alkyl halides is 3. The number of benzene rings is 2. The van der Waals surface area contributed by atoms with Crippen LogP contribution in [0.25, 0.3) is 22.0 Å². The Morgan fingerprint density at radius 2 is 1.84 bits per heavy atom. The molecule has 3 unspecified atom stereocenters. The van der Waals surface area contributed by atoms with Crippen LogP contribution in [0.2, 0.25) is 0 Å². The molecule has 3 atom stereocenters. The Morgan fingerprint density at radius 3 is 2.50 bits per heavy atom. The highest BCUT2D eigenvalue weighted by Crippen LogP contribution is 2.37. The first-order chi connectivity index (χ1) is 17.9. The van der Waals surface area contributed by atoms with Gasteiger partial charge >= 0.3 is 18.2 Å². The van der Waals surface area contributed by atoms with E-state index in [9.17, 15) is 27.6 Å². The molecule has 0 aliphatic carbocycles. The van der Waals surface area contributed by atoms with Crippen LogP contribution in [0, 0.1) is 5.92 Å². The SMILES string of the molecule is COC(=O)C(NC(C)C1CN(c2ccc3cc(-c4ccccc4C(F)(F)F)[nH]c(=O)c3c2)C(=O)O1)C(C)C. The molecule has 1 aliphatic heterocycles. The molecule has 2 N–H and O–H groups in total. The van der Waals surface area contributed by atoms with E-state index in [1.807, 2.05) is 13.8 Å². The topological polar surface area (TPSA) is 101 Å². The van der Waals surface area contributed by atoms with Gasteiger partial charge in [-0.1, -0.05) is 38.1 Å². The fourth-order valence-electron chi connectivity index (χ4n) is 4.53. The maximum atomic E-state index is 13.5. The second-order valence-corrected chi connectivity index (χ2v) is 9.56. The lowest BCUT2D eigenvalue weighted by Gasteiger charge is -2.26. The van der Waals surface area contributed by atoms with Gasteiger partial charge in [0.15, 0.2) is 0 Å². The molecular formula is C27H28F3N3O5. The molecule has 3 aromatic rings. The van der Waals surface area contributed by atoms with Crippen molar-refractivity contribution in [3.63, 3.8) is 0 Å². The first-order valence-electron chi connectivity index (χ1n) is 12.1. The number of halogens is 3. The number of cyclic esters (lactones) is 1. The summed E-state index contributed by atoms with van der Waals surface area (Å²) in [6.45, 7) is 5.70. The summed E-state index contributed by atoms with van der Waals surface area (Å²) in [5.74, 6) is -0.475. The highest BCUT2D eigenvalue weighted by atomic mass is 19.4. The largest absolute Gasteiger partial charge is 0.468 e. The number of esters is 1. The molecule has 2 aromatic carbocycles. The van der Waals surface area contributed by atoms with E-state index < -0.39 is 41.5 Å². The minimum atomic E-state index is -4.59. The molecule has 38 heavy (non-hydrogen) atoms. The van der Waals surface area contributed by atoms with Gasteiger partial charge < -0.3 is 14.5 Å². The minimum absolute atomic E-state index is 0.0361. The van der Waals surface area contributed by atoms with Gasteiger partial charge in [-0.05, 0) is 42.5 Å². The zero-order chi connectivity index (χ0) is 27.8. The summed E-state index contributed by atoms with van der Waals surface area (Å²) in [5.41, 5.74) is -1.14. The van der Waals surface area contributed by atoms with Crippen LogP contribution in [0.5, 0.6) is 0 Å². The smallest absolute Gasteiger partial charge is 0.417 e. The quantitative estimate of drug-likeness (QED) is 0.428. The molecule has 1 aliphatic rings. The number of nitrogens with zero attached hydrogens (tertiary/aromatic N) is 1. The van der Waals surface area contributed by atoms with Crippen LogP contribution >= 0.6 is 0 Å². The summed E-state index contributed by atoms with van der Waals surface area (Å²) in [4.78, 5) is 41.6. The maximum Gasteiger partial charge on any atom is 0.417 e. The Labute approximate surface area is 216 Å². The van der Waals surface area contributed by atoms with Gasteiger partial charge in [-0.2, -0.15) is 13.2 Å². The van der Waals surface area contributed by atoms with Crippen LogP contribution in [0.15, 0.2) is 53.3 Å². The molecule has 8 nitrogen and oxygen atoms in total. The molecule has 1 saturated heterocycles. The molecule has 1 fully saturated rings. The van der Waals surface area contributed by atoms with E-state index in [-0.39, 0.29) is 35.1 Å². The van der Waals surface area contributed by atoms with Gasteiger partial charge in [0.1, 0.15) is 12.1 Å². The number of ether oxygens (including phenoxy) is 2. The lowest BCUT2D eigenvalue weighted by atomic mass is 10.0. The molecule has 202 valence electrons. The summed E-state index contributed by atoms with van der Waals surface area (Å²) >= 11 is 0. The van der Waals surface area contributed by atoms with Gasteiger partial charge in [0, 0.05) is 28.4 Å². The van der Waals surface area contributed by atoms with Crippen LogP contribution < -0.4 is 15.8 Å². The van der Waals surface area contributed by atoms with E-state index in [0.29, 0.717) is 11.1 Å². The van der Waals surface area contributed by atoms with Crippen LogP contribution in [-0.4, -0.2) is 48.9 Å². The Bertz CT molecular complexity index is 1420. The number of carbonyl (C=O) groups is 2. The fraction of sp³-hybridized carbons (Fsp3) is 0.370. The normalized spacial score (nSPS) is 17.5. The Balaban J connectivity index is 1.60. The van der Waals surface area contributed by atoms with E-state index in [1.165, 1.54) is 42.3 Å². The van der Waals surface area contributed by atoms with E-state index >= 15 is 0 Å². The number of pyridine rings is 1. The summed E-state index contributed by atoms with van der Waals surface area (Å²) in [6.07, 6.45) is -5.78. The zero-order valence-corrected chi connectivity index (χ0v) is 21.3. The van der Waals surface area contributed by atoms with Crippen LogP contribution in [0.3, 0.4) is 0 Å². The Hall–Kier alpha value is -3.86. The zero-order valence-electron chi connectivity index (χ0n) is 21.3. The highest BCUT2D eigenvalue weighted by molar-refractivity contribution is 5.95. The summed E-state index contributed by atoms with van der Waals surface area (Å²) in [7, 11) is 1.31. The first kappa shape index (κ1) is 27.2. The second kappa shape index (κ2) is 10.5. The van der Waals surface area contributed by atoms with Gasteiger partial charge in [0.25, 0.3) is 5.56 Å². The number of fused-ring (bicyclic) bond motifs is 1. The average Bonchev–Trinajstić information content (AvgIpc) is 3.27. The second-order valence-electron chi connectivity index (χ2n) is 9.56. The van der Waals surface area contributed by atoms with Crippen molar-refractivity contribution in [2.75, 3.05) is 18.6 Å². The molecule has 0 spiro atoms. The third-order valence-electron chi connectivity index (χ3n) is 6.62. The number of hydrogen-bond donors (Lipinski definition) is 2. The monoisotopic (exact) mass is 531 g/mol. The van der Waals surface area contributed by atoms with E-state index in [1.54, 1.807) is 19.1 Å². The molecule has 0 saturated carbocycles. The van der Waals surface area contributed by atoms with Crippen molar-refractivity contribution < 1.29 is 32.2 Å². The fourth-order valence-corrected chi connectivity index (χ4v) is 4.53. The Morgan fingerprint density at radius 1 is 1.13 bits per heavy atom. The number of hydrogen-bond acceptors (Lipinski definition) is 6. The number of amides is 1. The summed E-state index contributed by atoms with van der Waals surface area (Å²) < 4.78 is 50.9. The van der Waals surface area contributed by atoms with Gasteiger partial charge in [-0.3, -0.25) is 19.8 Å². The van der Waals surface area contributed by atoms with Crippen LogP contribution in [0.1, 0.15) is 26.3 Å². The van der Waals surface area contributed by atoms with Crippen molar-refractivity contribution in [3.05, 3.63) is 64.4 Å². The highest BCUT2D eigenvalue weighted by Gasteiger charge is 2.38. The Kier molecular flexibility index (Phi) is 7.50. The number of aromatic nitrogens is 1. The number of carbonyl (C=O) groups excluding carboxylic acids is 2. The van der Waals surface area contributed by atoms with E-state index in [4.69, 9.17) is 9.47 Å². The summed E-state index contributed by atoms with van der Waals surface area (Å²) in [5, 5.41) is 3.79. The molecule has 4 rings (SSSR count). The number of anilines is 1. The maximum absolute atomic E-state index is 13.5. The molecule has 0 bridgehead atoms. The van der Waals surface area contributed by atoms with E-state index in [0.717, 1.165) is 6.07 Å². The number of methoxy groups -OCH3 is 1. The average molecular weight is 532 g/mol. The lowest BCUT2D eigenvalue weighted by Crippen LogP contribution is -2.51. The van der Waals surface area contributed by atoms with Gasteiger partial charge in [0.2, 0.25) is 0 Å². The van der Waals surface area contributed by atoms with Crippen LogP contribution in [-0.2, 0) is 20.4 Å². The van der Waals surface area contributed by atoms with Crippen molar-refractivity contribution >= 4 is 28.5 Å². The molecule has 11 heteroatoms. The predicted octanol–water partition coefficient (Wildman–Crippen LogP) is 4.71. The lowest BCUT2D eigenvalue weighted by molar-refractivity contribution is -0.144. The van der Waals surface area contributed by atoms with Crippen molar-refractivity contribution in [2.24, 2.45) is 5.92 Å². The number of aromatic amines is 1. The van der Waals surface area contributed by atoms with Crippen LogP contribution in [0.4, 0.5) is 23.7 Å².